The maximum atomic E-state index is 13.9. The van der Waals surface area contributed by atoms with Crippen LogP contribution in [0.5, 0.6) is 5.75 Å². The number of aliphatic carboxylic acids is 1. The molecule has 3 nitrogen and oxygen atoms in total. The Balaban J connectivity index is 2.53. The van der Waals surface area contributed by atoms with Crippen LogP contribution < -0.4 is 4.74 Å². The Labute approximate surface area is 116 Å². The molecule has 0 amide bonds. The van der Waals surface area contributed by atoms with Crippen LogP contribution in [0.2, 0.25) is 5.02 Å². The molecule has 0 bridgehead atoms. The summed E-state index contributed by atoms with van der Waals surface area (Å²) in [6.07, 6.45) is 1.91. The van der Waals surface area contributed by atoms with Crippen molar-refractivity contribution in [1.82, 2.24) is 0 Å². The van der Waals surface area contributed by atoms with Gasteiger partial charge in [0.15, 0.2) is 0 Å². The van der Waals surface area contributed by atoms with Gasteiger partial charge in [0.2, 0.25) is 0 Å². The first-order chi connectivity index (χ1) is 8.95. The van der Waals surface area contributed by atoms with E-state index >= 15 is 0 Å². The number of benzene rings is 1. The minimum Gasteiger partial charge on any atom is -0.495 e. The van der Waals surface area contributed by atoms with E-state index in [1.807, 2.05) is 0 Å². The average Bonchev–Trinajstić information content (AvgIpc) is 3.14. The highest BCUT2D eigenvalue weighted by Gasteiger charge is 2.37. The Kier molecular flexibility index (Phi) is 3.99. The number of methoxy groups -OCH3 is 1. The molecule has 1 fully saturated rings. The van der Waals surface area contributed by atoms with Crippen LogP contribution in [0.4, 0.5) is 4.39 Å². The molecule has 0 spiro atoms. The van der Waals surface area contributed by atoms with E-state index in [0.29, 0.717) is 16.9 Å². The van der Waals surface area contributed by atoms with Crippen LogP contribution in [-0.4, -0.2) is 18.2 Å². The van der Waals surface area contributed by atoms with Gasteiger partial charge in [0.25, 0.3) is 0 Å². The van der Waals surface area contributed by atoms with E-state index in [-0.39, 0.29) is 23.3 Å². The lowest BCUT2D eigenvalue weighted by atomic mass is 9.87. The lowest BCUT2D eigenvalue weighted by molar-refractivity contribution is -0.137. The van der Waals surface area contributed by atoms with Gasteiger partial charge < -0.3 is 9.84 Å². The van der Waals surface area contributed by atoms with Crippen molar-refractivity contribution in [2.75, 3.05) is 7.11 Å². The van der Waals surface area contributed by atoms with E-state index in [0.717, 1.165) is 12.8 Å². The summed E-state index contributed by atoms with van der Waals surface area (Å²) in [7, 11) is 1.47. The summed E-state index contributed by atoms with van der Waals surface area (Å²) in [6, 6.07) is 1.21. The van der Waals surface area contributed by atoms with Crippen molar-refractivity contribution in [3.8, 4) is 5.75 Å². The molecule has 0 aromatic heterocycles. The second-order valence-electron chi connectivity index (χ2n) is 4.95. The number of halogens is 2. The van der Waals surface area contributed by atoms with E-state index in [1.54, 1.807) is 6.92 Å². The lowest BCUT2D eigenvalue weighted by Gasteiger charge is -2.21. The van der Waals surface area contributed by atoms with Gasteiger partial charge in [0.05, 0.1) is 18.6 Å². The average molecular weight is 287 g/mol. The third-order valence-corrected chi connectivity index (χ3v) is 3.92. The molecular weight excluding hydrogens is 271 g/mol. The molecule has 2 rings (SSSR count). The Morgan fingerprint density at radius 1 is 1.63 bits per heavy atom. The number of rotatable bonds is 5. The molecule has 0 heterocycles. The van der Waals surface area contributed by atoms with Crippen molar-refractivity contribution in [1.29, 1.82) is 0 Å². The van der Waals surface area contributed by atoms with Crippen LogP contribution in [0.25, 0.3) is 0 Å². The SMILES string of the molecule is COc1c(Cl)cc(F)c(C)c1C(CC(=O)O)C1CC1. The van der Waals surface area contributed by atoms with Crippen LogP contribution in [0.3, 0.4) is 0 Å². The first-order valence-corrected chi connectivity index (χ1v) is 6.57. The van der Waals surface area contributed by atoms with Crippen LogP contribution in [0, 0.1) is 18.7 Å². The topological polar surface area (TPSA) is 46.5 Å². The zero-order valence-corrected chi connectivity index (χ0v) is 11.6. The number of carbonyl (C=O) groups is 1. The van der Waals surface area contributed by atoms with Crippen molar-refractivity contribution in [3.05, 3.63) is 28.0 Å². The van der Waals surface area contributed by atoms with E-state index in [9.17, 15) is 9.18 Å². The third-order valence-electron chi connectivity index (χ3n) is 3.64. The van der Waals surface area contributed by atoms with Crippen LogP contribution in [0.1, 0.15) is 36.3 Å². The third kappa shape index (κ3) is 2.84. The van der Waals surface area contributed by atoms with Crippen molar-refractivity contribution in [2.24, 2.45) is 5.92 Å². The Bertz CT molecular complexity index is 512. The first-order valence-electron chi connectivity index (χ1n) is 6.20. The fourth-order valence-electron chi connectivity index (χ4n) is 2.56. The second kappa shape index (κ2) is 5.37. The zero-order valence-electron chi connectivity index (χ0n) is 10.9. The largest absolute Gasteiger partial charge is 0.495 e. The van der Waals surface area contributed by atoms with Gasteiger partial charge in [0.1, 0.15) is 11.6 Å². The van der Waals surface area contributed by atoms with Crippen molar-refractivity contribution >= 4 is 17.6 Å². The van der Waals surface area contributed by atoms with E-state index < -0.39 is 11.8 Å². The van der Waals surface area contributed by atoms with Crippen molar-refractivity contribution in [3.63, 3.8) is 0 Å². The standard InChI is InChI=1S/C14H16ClFO3/c1-7-11(16)6-10(15)14(19-2)13(7)9(5-12(17)18)8-3-4-8/h6,8-9H,3-5H2,1-2H3,(H,17,18). The predicted molar refractivity (Wildman–Crippen MR) is 70.4 cm³/mol. The van der Waals surface area contributed by atoms with Crippen molar-refractivity contribution < 1.29 is 19.0 Å². The molecule has 1 aliphatic rings. The molecule has 1 N–H and O–H groups in total. The molecule has 0 aliphatic heterocycles. The Hall–Kier alpha value is -1.29. The molecule has 1 aromatic carbocycles. The zero-order chi connectivity index (χ0) is 14.2. The molecule has 1 aliphatic carbocycles. The molecular formula is C14H16ClFO3. The van der Waals surface area contributed by atoms with Gasteiger partial charge >= 0.3 is 5.97 Å². The fourth-order valence-corrected chi connectivity index (χ4v) is 2.83. The molecule has 1 aromatic rings. The predicted octanol–water partition coefficient (Wildman–Crippen LogP) is 3.76. The molecule has 0 radical (unpaired) electrons. The maximum absolute atomic E-state index is 13.9. The van der Waals surface area contributed by atoms with E-state index in [1.165, 1.54) is 13.2 Å². The molecule has 0 saturated heterocycles. The summed E-state index contributed by atoms with van der Waals surface area (Å²) in [5, 5.41) is 9.24. The number of carboxylic acids is 1. The minimum atomic E-state index is -0.890. The molecule has 104 valence electrons. The number of hydrogen-bond donors (Lipinski definition) is 1. The molecule has 19 heavy (non-hydrogen) atoms. The van der Waals surface area contributed by atoms with Crippen LogP contribution in [0.15, 0.2) is 6.07 Å². The summed E-state index contributed by atoms with van der Waals surface area (Å²) in [5.41, 5.74) is 1.04. The van der Waals surface area contributed by atoms with Gasteiger partial charge in [-0.15, -0.1) is 0 Å². The maximum Gasteiger partial charge on any atom is 0.303 e. The summed E-state index contributed by atoms with van der Waals surface area (Å²) >= 11 is 6.00. The highest BCUT2D eigenvalue weighted by Crippen LogP contribution is 2.49. The van der Waals surface area contributed by atoms with Gasteiger partial charge in [-0.25, -0.2) is 4.39 Å². The Morgan fingerprint density at radius 3 is 2.74 bits per heavy atom. The minimum absolute atomic E-state index is 0.0261. The molecule has 1 atom stereocenters. The van der Waals surface area contributed by atoms with Gasteiger partial charge in [-0.2, -0.15) is 0 Å². The van der Waals surface area contributed by atoms with E-state index in [2.05, 4.69) is 0 Å². The van der Waals surface area contributed by atoms with Gasteiger partial charge in [-0.1, -0.05) is 11.6 Å². The van der Waals surface area contributed by atoms with Gasteiger partial charge in [-0.3, -0.25) is 4.79 Å². The van der Waals surface area contributed by atoms with E-state index in [4.69, 9.17) is 21.4 Å². The summed E-state index contributed by atoms with van der Waals surface area (Å²) in [6.45, 7) is 1.64. The summed E-state index contributed by atoms with van der Waals surface area (Å²) < 4.78 is 19.1. The smallest absolute Gasteiger partial charge is 0.303 e. The van der Waals surface area contributed by atoms with Gasteiger partial charge in [-0.05, 0) is 37.3 Å². The number of hydrogen-bond acceptors (Lipinski definition) is 2. The normalized spacial score (nSPS) is 16.2. The summed E-state index contributed by atoms with van der Waals surface area (Å²) in [4.78, 5) is 11.0. The van der Waals surface area contributed by atoms with Gasteiger partial charge in [0, 0.05) is 11.5 Å². The Morgan fingerprint density at radius 2 is 2.26 bits per heavy atom. The highest BCUT2D eigenvalue weighted by molar-refractivity contribution is 6.32. The van der Waals surface area contributed by atoms with Crippen LogP contribution >= 0.6 is 11.6 Å². The van der Waals surface area contributed by atoms with Crippen LogP contribution in [-0.2, 0) is 4.79 Å². The van der Waals surface area contributed by atoms with Crippen molar-refractivity contribution in [2.45, 2.75) is 32.1 Å². The first kappa shape index (κ1) is 14.1. The molecule has 1 saturated carbocycles. The lowest BCUT2D eigenvalue weighted by Crippen LogP contribution is -2.12. The monoisotopic (exact) mass is 286 g/mol. The quantitative estimate of drug-likeness (QED) is 0.896. The second-order valence-corrected chi connectivity index (χ2v) is 5.36. The number of carboxylic acid groups (broad SMARTS) is 1. The fraction of sp³-hybridized carbons (Fsp3) is 0.500. The molecule has 5 heteroatoms. The highest BCUT2D eigenvalue weighted by atomic mass is 35.5. The molecule has 1 unspecified atom stereocenters. The summed E-state index contributed by atoms with van der Waals surface area (Å²) in [5.74, 6) is -0.864. The number of ether oxygens (including phenoxy) is 1.